The lowest BCUT2D eigenvalue weighted by molar-refractivity contribution is -0.114. The van der Waals surface area contributed by atoms with Gasteiger partial charge in [0.1, 0.15) is 5.78 Å². The fourth-order valence-corrected chi connectivity index (χ4v) is 0.192. The molecule has 0 amide bonds. The van der Waals surface area contributed by atoms with Gasteiger partial charge in [0.05, 0.1) is 12.9 Å². The van der Waals surface area contributed by atoms with E-state index < -0.39 is 0 Å². The van der Waals surface area contributed by atoms with Crippen LogP contribution in [0.15, 0.2) is 12.3 Å². The molecule has 10 heavy (non-hydrogen) atoms. The Bertz CT molecular complexity index is 91.4. The molecule has 60 valence electrons. The average molecular weight is 144 g/mol. The predicted molar refractivity (Wildman–Crippen MR) is 42.8 cm³/mol. The Morgan fingerprint density at radius 1 is 1.50 bits per heavy atom. The van der Waals surface area contributed by atoms with Gasteiger partial charge in [0.15, 0.2) is 0 Å². The van der Waals surface area contributed by atoms with Crippen molar-refractivity contribution in [1.29, 1.82) is 0 Å². The summed E-state index contributed by atoms with van der Waals surface area (Å²) in [5, 5.41) is 0. The molecule has 0 rings (SSSR count). The van der Waals surface area contributed by atoms with Gasteiger partial charge >= 0.3 is 0 Å². The SMILES string of the molecule is C/C=C/OCC.CC(C)=O. The number of hydrogen-bond acceptors (Lipinski definition) is 2. The van der Waals surface area contributed by atoms with Gasteiger partial charge in [-0.1, -0.05) is 6.08 Å². The lowest BCUT2D eigenvalue weighted by Gasteiger charge is -1.86. The van der Waals surface area contributed by atoms with E-state index in [0.29, 0.717) is 0 Å². The first kappa shape index (κ1) is 11.9. The zero-order chi connectivity index (χ0) is 8.41. The van der Waals surface area contributed by atoms with Crippen molar-refractivity contribution < 1.29 is 9.53 Å². The van der Waals surface area contributed by atoms with Crippen LogP contribution in [0.3, 0.4) is 0 Å². The molecule has 0 fully saturated rings. The van der Waals surface area contributed by atoms with E-state index in [4.69, 9.17) is 4.74 Å². The van der Waals surface area contributed by atoms with Gasteiger partial charge in [-0.15, -0.1) is 0 Å². The Kier molecular flexibility index (Phi) is 13.2. The van der Waals surface area contributed by atoms with Crippen LogP contribution in [0.1, 0.15) is 27.7 Å². The van der Waals surface area contributed by atoms with Gasteiger partial charge in [-0.2, -0.15) is 0 Å². The second-order valence-corrected chi connectivity index (χ2v) is 1.83. The Morgan fingerprint density at radius 3 is 2.00 bits per heavy atom. The molecular weight excluding hydrogens is 128 g/mol. The Labute approximate surface area is 62.9 Å². The predicted octanol–water partition coefficient (Wildman–Crippen LogP) is 2.15. The van der Waals surface area contributed by atoms with Crippen molar-refractivity contribution in [3.05, 3.63) is 12.3 Å². The highest BCUT2D eigenvalue weighted by Gasteiger charge is 1.62. The van der Waals surface area contributed by atoms with Crippen LogP contribution < -0.4 is 0 Å². The highest BCUT2D eigenvalue weighted by atomic mass is 16.5. The minimum Gasteiger partial charge on any atom is -0.502 e. The lowest BCUT2D eigenvalue weighted by atomic mass is 10.6. The van der Waals surface area contributed by atoms with Gasteiger partial charge < -0.3 is 9.53 Å². The van der Waals surface area contributed by atoms with Gasteiger partial charge in [0, 0.05) is 0 Å². The lowest BCUT2D eigenvalue weighted by Crippen LogP contribution is -1.73. The van der Waals surface area contributed by atoms with Crippen molar-refractivity contribution in [2.45, 2.75) is 27.7 Å². The summed E-state index contributed by atoms with van der Waals surface area (Å²) in [4.78, 5) is 9.44. The summed E-state index contributed by atoms with van der Waals surface area (Å²) in [6.07, 6.45) is 3.55. The zero-order valence-electron chi connectivity index (χ0n) is 7.18. The van der Waals surface area contributed by atoms with Crippen molar-refractivity contribution in [3.8, 4) is 0 Å². The molecular formula is C8H16O2. The molecule has 0 aromatic carbocycles. The number of Topliss-reactive ketones (excluding diaryl/α,β-unsaturated/α-hetero) is 1. The highest BCUT2D eigenvalue weighted by Crippen LogP contribution is 1.71. The topological polar surface area (TPSA) is 26.3 Å². The van der Waals surface area contributed by atoms with Crippen LogP contribution in [0.5, 0.6) is 0 Å². The quantitative estimate of drug-likeness (QED) is 0.555. The highest BCUT2D eigenvalue weighted by molar-refractivity contribution is 5.72. The second kappa shape index (κ2) is 11.1. The maximum atomic E-state index is 9.44. The van der Waals surface area contributed by atoms with Crippen LogP contribution in [0, 0.1) is 0 Å². The summed E-state index contributed by atoms with van der Waals surface area (Å²) >= 11 is 0. The van der Waals surface area contributed by atoms with Crippen LogP contribution >= 0.6 is 0 Å². The number of carbonyl (C=O) groups is 1. The molecule has 0 aliphatic rings. The standard InChI is InChI=1S/C5H10O.C3H6O/c1-3-5-6-4-2;1-3(2)4/h3,5H,4H2,1-2H3;1-2H3/b5-3+;. The van der Waals surface area contributed by atoms with Crippen LogP contribution in [0.25, 0.3) is 0 Å². The number of allylic oxidation sites excluding steroid dienone is 1. The summed E-state index contributed by atoms with van der Waals surface area (Å²) in [5.41, 5.74) is 0. The molecule has 0 unspecified atom stereocenters. The molecule has 0 saturated carbocycles. The third-order valence-electron chi connectivity index (χ3n) is 0.399. The molecule has 2 heteroatoms. The van der Waals surface area contributed by atoms with Crippen molar-refractivity contribution in [2.24, 2.45) is 0 Å². The van der Waals surface area contributed by atoms with Gasteiger partial charge in [-0.25, -0.2) is 0 Å². The summed E-state index contributed by atoms with van der Waals surface area (Å²) in [6, 6.07) is 0. The zero-order valence-corrected chi connectivity index (χ0v) is 7.18. The van der Waals surface area contributed by atoms with Crippen LogP contribution in [0.4, 0.5) is 0 Å². The Morgan fingerprint density at radius 2 is 1.90 bits per heavy atom. The first-order valence-electron chi connectivity index (χ1n) is 3.35. The number of ether oxygens (including phenoxy) is 1. The molecule has 0 N–H and O–H groups in total. The number of ketones is 1. The summed E-state index contributed by atoms with van der Waals surface area (Å²) in [7, 11) is 0. The van der Waals surface area contributed by atoms with Gasteiger partial charge in [0.25, 0.3) is 0 Å². The van der Waals surface area contributed by atoms with E-state index in [2.05, 4.69) is 0 Å². The first-order valence-corrected chi connectivity index (χ1v) is 3.35. The monoisotopic (exact) mass is 144 g/mol. The smallest absolute Gasteiger partial charge is 0.126 e. The molecule has 0 heterocycles. The summed E-state index contributed by atoms with van der Waals surface area (Å²) in [6.45, 7) is 7.71. The van der Waals surface area contributed by atoms with Crippen LogP contribution in [-0.4, -0.2) is 12.4 Å². The molecule has 0 aromatic heterocycles. The van der Waals surface area contributed by atoms with Crippen molar-refractivity contribution in [2.75, 3.05) is 6.61 Å². The normalized spacial score (nSPS) is 8.40. The minimum atomic E-state index is 0.167. The molecule has 0 aliphatic heterocycles. The molecule has 2 nitrogen and oxygen atoms in total. The van der Waals surface area contributed by atoms with Gasteiger partial charge in [-0.05, 0) is 27.7 Å². The molecule has 0 spiro atoms. The maximum absolute atomic E-state index is 9.44. The third kappa shape index (κ3) is 56.9. The minimum absolute atomic E-state index is 0.167. The second-order valence-electron chi connectivity index (χ2n) is 1.83. The molecule has 0 aliphatic carbocycles. The molecule has 0 aromatic rings. The summed E-state index contributed by atoms with van der Waals surface area (Å²) < 4.78 is 4.80. The molecule has 0 atom stereocenters. The number of carbonyl (C=O) groups excluding carboxylic acids is 1. The molecule has 0 saturated heterocycles. The van der Waals surface area contributed by atoms with E-state index in [-0.39, 0.29) is 5.78 Å². The van der Waals surface area contributed by atoms with E-state index in [9.17, 15) is 4.79 Å². The first-order chi connectivity index (χ1) is 4.65. The largest absolute Gasteiger partial charge is 0.502 e. The molecule has 0 bridgehead atoms. The maximum Gasteiger partial charge on any atom is 0.126 e. The molecule has 0 radical (unpaired) electrons. The fraction of sp³-hybridized carbons (Fsp3) is 0.625. The van der Waals surface area contributed by atoms with Gasteiger partial charge in [-0.3, -0.25) is 0 Å². The average Bonchev–Trinajstić information content (AvgIpc) is 1.82. The number of hydrogen-bond donors (Lipinski definition) is 0. The Hall–Kier alpha value is -0.790. The summed E-state index contributed by atoms with van der Waals surface area (Å²) in [5.74, 6) is 0.167. The van der Waals surface area contributed by atoms with Crippen molar-refractivity contribution in [3.63, 3.8) is 0 Å². The Balaban J connectivity index is 0. The van der Waals surface area contributed by atoms with Crippen LogP contribution in [-0.2, 0) is 9.53 Å². The van der Waals surface area contributed by atoms with E-state index in [1.807, 2.05) is 19.9 Å². The van der Waals surface area contributed by atoms with Crippen LogP contribution in [0.2, 0.25) is 0 Å². The van der Waals surface area contributed by atoms with E-state index in [0.717, 1.165) is 6.61 Å². The third-order valence-corrected chi connectivity index (χ3v) is 0.399. The fourth-order valence-electron chi connectivity index (χ4n) is 0.192. The number of rotatable bonds is 2. The van der Waals surface area contributed by atoms with E-state index in [1.54, 1.807) is 6.26 Å². The van der Waals surface area contributed by atoms with Crippen molar-refractivity contribution >= 4 is 5.78 Å². The van der Waals surface area contributed by atoms with Gasteiger partial charge in [0.2, 0.25) is 0 Å². The van der Waals surface area contributed by atoms with Crippen molar-refractivity contribution in [1.82, 2.24) is 0 Å². The van der Waals surface area contributed by atoms with E-state index in [1.165, 1.54) is 13.8 Å². The van der Waals surface area contributed by atoms with E-state index >= 15 is 0 Å².